The average Bonchev–Trinajstić information content (AvgIpc) is 3.36. The molecule has 0 spiro atoms. The van der Waals surface area contributed by atoms with Gasteiger partial charge in [0.05, 0.1) is 6.04 Å². The SMILES string of the molecule is Cc1ccc(-c2ccc(-c3ccccc3)cc2)cc1.Cc1ccc(-c2ccc(C3C=C(c4ccccc4)C=CC3Nc3ccc(-c4ccccc4)cc3)cc2)cc1.Cc1ccccc1. The molecule has 2 unspecified atom stereocenters. The maximum absolute atomic E-state index is 3.80. The van der Waals surface area contributed by atoms with Crippen LogP contribution in [-0.2, 0) is 0 Å². The van der Waals surface area contributed by atoms with E-state index in [1.165, 1.54) is 77.9 Å². The van der Waals surface area contributed by atoms with Crippen molar-refractivity contribution in [1.29, 1.82) is 0 Å². The minimum absolute atomic E-state index is 0.148. The third kappa shape index (κ3) is 11.6. The first-order valence-electron chi connectivity index (χ1n) is 22.2. The van der Waals surface area contributed by atoms with Gasteiger partial charge in [0.1, 0.15) is 0 Å². The molecule has 0 fully saturated rings. The molecule has 9 aromatic rings. The Morgan fingerprint density at radius 2 is 0.609 bits per heavy atom. The molecule has 0 radical (unpaired) electrons. The molecular weight excluding hydrogens is 771 g/mol. The molecule has 0 bridgehead atoms. The van der Waals surface area contributed by atoms with E-state index in [9.17, 15) is 0 Å². The van der Waals surface area contributed by atoms with Crippen molar-refractivity contribution in [3.05, 3.63) is 289 Å². The number of anilines is 1. The maximum Gasteiger partial charge on any atom is 0.0551 e. The lowest BCUT2D eigenvalue weighted by Crippen LogP contribution is -2.26. The monoisotopic (exact) mass is 825 g/mol. The third-order valence-corrected chi connectivity index (χ3v) is 11.7. The van der Waals surface area contributed by atoms with Crippen molar-refractivity contribution in [3.63, 3.8) is 0 Å². The number of nitrogens with one attached hydrogen (secondary N) is 1. The predicted octanol–water partition coefficient (Wildman–Crippen LogP) is 16.9. The highest BCUT2D eigenvalue weighted by molar-refractivity contribution is 5.77. The minimum atomic E-state index is 0.148. The van der Waals surface area contributed by atoms with Gasteiger partial charge in [-0.05, 0) is 94.1 Å². The lowest BCUT2D eigenvalue weighted by Gasteiger charge is -2.29. The molecular formula is C63H55N. The predicted molar refractivity (Wildman–Crippen MR) is 275 cm³/mol. The molecule has 2 atom stereocenters. The number of hydrogen-bond donors (Lipinski definition) is 1. The Morgan fingerprint density at radius 1 is 0.297 bits per heavy atom. The van der Waals surface area contributed by atoms with Crippen molar-refractivity contribution in [2.24, 2.45) is 0 Å². The van der Waals surface area contributed by atoms with Crippen LogP contribution in [0.1, 0.15) is 33.7 Å². The lowest BCUT2D eigenvalue weighted by atomic mass is 9.83. The quantitative estimate of drug-likeness (QED) is 0.161. The van der Waals surface area contributed by atoms with Crippen LogP contribution < -0.4 is 5.32 Å². The molecule has 64 heavy (non-hydrogen) atoms. The van der Waals surface area contributed by atoms with Gasteiger partial charge >= 0.3 is 0 Å². The van der Waals surface area contributed by atoms with Gasteiger partial charge in [0.25, 0.3) is 0 Å². The Kier molecular flexibility index (Phi) is 14.3. The van der Waals surface area contributed by atoms with Crippen LogP contribution in [0, 0.1) is 20.8 Å². The van der Waals surface area contributed by atoms with E-state index in [4.69, 9.17) is 0 Å². The lowest BCUT2D eigenvalue weighted by molar-refractivity contribution is 0.759. The summed E-state index contributed by atoms with van der Waals surface area (Å²) in [6.07, 6.45) is 6.97. The molecule has 0 aromatic heterocycles. The summed E-state index contributed by atoms with van der Waals surface area (Å²) in [5.74, 6) is 0.205. The molecule has 10 rings (SSSR count). The van der Waals surface area contributed by atoms with E-state index in [1.54, 1.807) is 0 Å². The normalized spacial score (nSPS) is 13.9. The second-order valence-corrected chi connectivity index (χ2v) is 16.4. The second-order valence-electron chi connectivity index (χ2n) is 16.4. The standard InChI is InChI=1S/C37H31N.C19H16.C7H8/c1-27-12-14-30(15-13-27)31-16-18-33(19-17-31)36-26-34(29-10-6-3-7-11-29)22-25-37(36)38-35-23-20-32(21-24-35)28-8-4-2-5-9-28;1-15-7-9-17(10-8-15)19-13-11-18(12-14-19)16-5-3-2-4-6-16;1-7-5-3-2-4-6-7/h2-26,36-38H,1H3;2-14H,1H3;2-6H,1H3. The number of rotatable bonds is 8. The Hall–Kier alpha value is -7.74. The van der Waals surface area contributed by atoms with Gasteiger partial charge in [-0.15, -0.1) is 0 Å². The molecule has 312 valence electrons. The van der Waals surface area contributed by atoms with Crippen molar-refractivity contribution >= 4 is 11.3 Å². The highest BCUT2D eigenvalue weighted by atomic mass is 14.9. The van der Waals surface area contributed by atoms with Gasteiger partial charge in [0, 0.05) is 11.6 Å². The van der Waals surface area contributed by atoms with Gasteiger partial charge in [-0.1, -0.05) is 265 Å². The van der Waals surface area contributed by atoms with Crippen LogP contribution in [0.2, 0.25) is 0 Å². The largest absolute Gasteiger partial charge is 0.378 e. The van der Waals surface area contributed by atoms with Gasteiger partial charge in [0.2, 0.25) is 0 Å². The smallest absolute Gasteiger partial charge is 0.0551 e. The van der Waals surface area contributed by atoms with E-state index in [0.29, 0.717) is 0 Å². The zero-order valence-electron chi connectivity index (χ0n) is 37.0. The fourth-order valence-corrected chi connectivity index (χ4v) is 7.94. The summed E-state index contributed by atoms with van der Waals surface area (Å²) in [6.45, 7) is 6.32. The van der Waals surface area contributed by atoms with Crippen molar-refractivity contribution in [2.45, 2.75) is 32.7 Å². The van der Waals surface area contributed by atoms with E-state index < -0.39 is 0 Å². The first kappa shape index (κ1) is 42.9. The van der Waals surface area contributed by atoms with Crippen molar-refractivity contribution in [2.75, 3.05) is 5.32 Å². The fourth-order valence-electron chi connectivity index (χ4n) is 7.94. The Labute approximate surface area is 380 Å². The minimum Gasteiger partial charge on any atom is -0.378 e. The van der Waals surface area contributed by atoms with Crippen molar-refractivity contribution in [1.82, 2.24) is 0 Å². The highest BCUT2D eigenvalue weighted by Gasteiger charge is 2.23. The van der Waals surface area contributed by atoms with E-state index in [0.717, 1.165) is 5.69 Å². The molecule has 0 saturated heterocycles. The summed E-state index contributed by atoms with van der Waals surface area (Å²) in [5.41, 5.74) is 18.8. The van der Waals surface area contributed by atoms with Crippen LogP contribution in [0.15, 0.2) is 261 Å². The van der Waals surface area contributed by atoms with Gasteiger partial charge < -0.3 is 5.32 Å². The first-order valence-corrected chi connectivity index (χ1v) is 22.2. The molecule has 0 amide bonds. The summed E-state index contributed by atoms with van der Waals surface area (Å²) in [4.78, 5) is 0. The summed E-state index contributed by atoms with van der Waals surface area (Å²) in [5, 5.41) is 3.80. The van der Waals surface area contributed by atoms with Crippen molar-refractivity contribution < 1.29 is 0 Å². The van der Waals surface area contributed by atoms with Crippen LogP contribution in [0.5, 0.6) is 0 Å². The molecule has 1 aliphatic rings. The molecule has 1 heteroatoms. The van der Waals surface area contributed by atoms with Gasteiger partial charge in [-0.25, -0.2) is 0 Å². The highest BCUT2D eigenvalue weighted by Crippen LogP contribution is 2.35. The van der Waals surface area contributed by atoms with Crippen LogP contribution in [0.3, 0.4) is 0 Å². The molecule has 0 heterocycles. The topological polar surface area (TPSA) is 12.0 Å². The third-order valence-electron chi connectivity index (χ3n) is 11.7. The number of aryl methyl sites for hydroxylation is 3. The van der Waals surface area contributed by atoms with Crippen LogP contribution in [0.25, 0.3) is 50.1 Å². The van der Waals surface area contributed by atoms with Crippen LogP contribution in [-0.4, -0.2) is 6.04 Å². The summed E-state index contributed by atoms with van der Waals surface area (Å²) in [6, 6.07) is 86.0. The molecule has 9 aromatic carbocycles. The average molecular weight is 826 g/mol. The van der Waals surface area contributed by atoms with Crippen LogP contribution in [0.4, 0.5) is 5.69 Å². The molecule has 1 N–H and O–H groups in total. The van der Waals surface area contributed by atoms with E-state index >= 15 is 0 Å². The Morgan fingerprint density at radius 3 is 1.00 bits per heavy atom. The molecule has 1 nitrogen and oxygen atoms in total. The zero-order valence-corrected chi connectivity index (χ0v) is 37.0. The fraction of sp³-hybridized carbons (Fsp3) is 0.0794. The summed E-state index contributed by atoms with van der Waals surface area (Å²) < 4.78 is 0. The number of hydrogen-bond acceptors (Lipinski definition) is 1. The van der Waals surface area contributed by atoms with Gasteiger partial charge in [-0.3, -0.25) is 0 Å². The summed E-state index contributed by atoms with van der Waals surface area (Å²) >= 11 is 0. The van der Waals surface area contributed by atoms with Gasteiger partial charge in [-0.2, -0.15) is 0 Å². The molecule has 0 aliphatic heterocycles. The first-order chi connectivity index (χ1) is 31.4. The Balaban J connectivity index is 0.000000177. The Bertz CT molecular complexity index is 2840. The number of benzene rings is 9. The second kappa shape index (κ2) is 21.4. The maximum atomic E-state index is 3.80. The van der Waals surface area contributed by atoms with E-state index in [1.807, 2.05) is 24.3 Å². The molecule has 0 saturated carbocycles. The van der Waals surface area contributed by atoms with Crippen molar-refractivity contribution in [3.8, 4) is 44.5 Å². The summed E-state index contributed by atoms with van der Waals surface area (Å²) in [7, 11) is 0. The van der Waals surface area contributed by atoms with E-state index in [-0.39, 0.29) is 12.0 Å². The van der Waals surface area contributed by atoms with E-state index in [2.05, 4.69) is 263 Å². The molecule has 1 aliphatic carbocycles. The number of allylic oxidation sites excluding steroid dienone is 2. The van der Waals surface area contributed by atoms with Gasteiger partial charge in [0.15, 0.2) is 0 Å². The van der Waals surface area contributed by atoms with Crippen LogP contribution >= 0.6 is 0 Å². The zero-order chi connectivity index (χ0) is 43.9.